The first-order valence-electron chi connectivity index (χ1n) is 8.22. The Balaban J connectivity index is 1.48. The highest BCUT2D eigenvalue weighted by molar-refractivity contribution is 5.89. The van der Waals surface area contributed by atoms with Crippen molar-refractivity contribution in [1.29, 1.82) is 0 Å². The summed E-state index contributed by atoms with van der Waals surface area (Å²) in [4.78, 5) is 16.4. The van der Waals surface area contributed by atoms with Crippen molar-refractivity contribution in [1.82, 2.24) is 19.6 Å². The quantitative estimate of drug-likeness (QED) is 0.899. The van der Waals surface area contributed by atoms with Crippen LogP contribution in [0.5, 0.6) is 5.75 Å². The fraction of sp³-hybridized carbons (Fsp3) is 0.412. The van der Waals surface area contributed by atoms with E-state index in [0.29, 0.717) is 13.1 Å². The second kappa shape index (κ2) is 7.35. The van der Waals surface area contributed by atoms with Crippen molar-refractivity contribution in [3.05, 3.63) is 42.2 Å². The molecule has 0 spiro atoms. The summed E-state index contributed by atoms with van der Waals surface area (Å²) in [6, 6.07) is 7.23. The molecule has 7 nitrogen and oxygen atoms in total. The maximum atomic E-state index is 12.3. The van der Waals surface area contributed by atoms with Crippen LogP contribution >= 0.6 is 0 Å². The third kappa shape index (κ3) is 4.05. The van der Waals surface area contributed by atoms with Crippen LogP contribution in [0.15, 0.2) is 36.7 Å². The fourth-order valence-corrected chi connectivity index (χ4v) is 2.83. The Kier molecular flexibility index (Phi) is 5.00. The van der Waals surface area contributed by atoms with Gasteiger partial charge < -0.3 is 15.3 Å². The van der Waals surface area contributed by atoms with Gasteiger partial charge in [-0.2, -0.15) is 5.10 Å². The molecule has 1 aromatic heterocycles. The lowest BCUT2D eigenvalue weighted by molar-refractivity contribution is 0.143. The molecule has 1 aliphatic rings. The molecule has 128 valence electrons. The lowest BCUT2D eigenvalue weighted by atomic mass is 10.2. The SMILES string of the molecule is CCn1cc(NC(=O)N2CCN(Cc3cccc(O)c3)CC2)cn1. The van der Waals surface area contributed by atoms with Crippen LogP contribution in [0, 0.1) is 0 Å². The van der Waals surface area contributed by atoms with E-state index in [1.807, 2.05) is 30.2 Å². The summed E-state index contributed by atoms with van der Waals surface area (Å²) in [7, 11) is 0. The summed E-state index contributed by atoms with van der Waals surface area (Å²) in [6.07, 6.45) is 3.50. The Hall–Kier alpha value is -2.54. The number of nitrogens with one attached hydrogen (secondary N) is 1. The summed E-state index contributed by atoms with van der Waals surface area (Å²) < 4.78 is 1.78. The number of nitrogens with zero attached hydrogens (tertiary/aromatic N) is 4. The molecule has 3 rings (SSSR count). The highest BCUT2D eigenvalue weighted by atomic mass is 16.3. The van der Waals surface area contributed by atoms with Crippen molar-refractivity contribution in [3.8, 4) is 5.75 Å². The standard InChI is InChI=1S/C17H23N5O2/c1-2-22-13-15(11-18-22)19-17(24)21-8-6-20(7-9-21)12-14-4-3-5-16(23)10-14/h3-5,10-11,13,23H,2,6-9,12H2,1H3,(H,19,24). The van der Waals surface area contributed by atoms with Crippen molar-refractivity contribution in [3.63, 3.8) is 0 Å². The van der Waals surface area contributed by atoms with Gasteiger partial charge >= 0.3 is 6.03 Å². The van der Waals surface area contributed by atoms with E-state index in [0.717, 1.165) is 37.4 Å². The lowest BCUT2D eigenvalue weighted by Crippen LogP contribution is -2.49. The molecule has 2 heterocycles. The van der Waals surface area contributed by atoms with Gasteiger partial charge in [0.25, 0.3) is 0 Å². The number of phenols is 1. The molecule has 2 amide bonds. The Labute approximate surface area is 141 Å². The summed E-state index contributed by atoms with van der Waals surface area (Å²) >= 11 is 0. The van der Waals surface area contributed by atoms with Crippen molar-refractivity contribution in [2.75, 3.05) is 31.5 Å². The number of anilines is 1. The maximum Gasteiger partial charge on any atom is 0.322 e. The first kappa shape index (κ1) is 16.3. The van der Waals surface area contributed by atoms with E-state index >= 15 is 0 Å². The van der Waals surface area contributed by atoms with Crippen LogP contribution in [0.25, 0.3) is 0 Å². The van der Waals surface area contributed by atoms with Crippen LogP contribution in [0.2, 0.25) is 0 Å². The van der Waals surface area contributed by atoms with Gasteiger partial charge in [0.1, 0.15) is 5.75 Å². The number of piperazine rings is 1. The molecule has 24 heavy (non-hydrogen) atoms. The zero-order valence-corrected chi connectivity index (χ0v) is 13.9. The number of aromatic hydroxyl groups is 1. The molecule has 0 atom stereocenters. The molecule has 0 saturated carbocycles. The molecule has 0 bridgehead atoms. The first-order chi connectivity index (χ1) is 11.6. The topological polar surface area (TPSA) is 73.6 Å². The number of carbonyl (C=O) groups is 1. The number of phenolic OH excluding ortho intramolecular Hbond substituents is 1. The van der Waals surface area contributed by atoms with Gasteiger partial charge in [0.05, 0.1) is 11.9 Å². The number of amides is 2. The second-order valence-corrected chi connectivity index (χ2v) is 5.95. The average Bonchev–Trinajstić information content (AvgIpc) is 3.03. The average molecular weight is 329 g/mol. The number of rotatable bonds is 4. The van der Waals surface area contributed by atoms with E-state index in [4.69, 9.17) is 0 Å². The van der Waals surface area contributed by atoms with Crippen LogP contribution < -0.4 is 5.32 Å². The number of aromatic nitrogens is 2. The molecule has 1 aliphatic heterocycles. The van der Waals surface area contributed by atoms with Gasteiger partial charge in [0.15, 0.2) is 0 Å². The largest absolute Gasteiger partial charge is 0.508 e. The van der Waals surface area contributed by atoms with Gasteiger partial charge in [-0.1, -0.05) is 12.1 Å². The molecule has 0 unspecified atom stereocenters. The smallest absolute Gasteiger partial charge is 0.322 e. The zero-order chi connectivity index (χ0) is 16.9. The monoisotopic (exact) mass is 329 g/mol. The predicted octanol–water partition coefficient (Wildman–Crippen LogP) is 1.96. The van der Waals surface area contributed by atoms with Gasteiger partial charge in [0, 0.05) is 45.5 Å². The second-order valence-electron chi connectivity index (χ2n) is 5.95. The summed E-state index contributed by atoms with van der Waals surface area (Å²) in [6.45, 7) is 6.58. The minimum atomic E-state index is -0.0809. The van der Waals surface area contributed by atoms with Crippen molar-refractivity contribution >= 4 is 11.7 Å². The number of urea groups is 1. The minimum absolute atomic E-state index is 0.0809. The van der Waals surface area contributed by atoms with Crippen LogP contribution in [-0.4, -0.2) is 56.9 Å². The van der Waals surface area contributed by atoms with E-state index in [1.54, 1.807) is 23.0 Å². The number of carbonyl (C=O) groups excluding carboxylic acids is 1. The Morgan fingerprint density at radius 2 is 2.08 bits per heavy atom. The third-order valence-electron chi connectivity index (χ3n) is 4.18. The molecule has 7 heteroatoms. The molecule has 2 N–H and O–H groups in total. The molecule has 1 fully saturated rings. The Morgan fingerprint density at radius 1 is 1.29 bits per heavy atom. The van der Waals surface area contributed by atoms with Crippen molar-refractivity contribution < 1.29 is 9.90 Å². The van der Waals surface area contributed by atoms with Crippen LogP contribution in [0.3, 0.4) is 0 Å². The number of hydrogen-bond donors (Lipinski definition) is 2. The first-order valence-corrected chi connectivity index (χ1v) is 8.22. The molecular weight excluding hydrogens is 306 g/mol. The summed E-state index contributed by atoms with van der Waals surface area (Å²) in [5.41, 5.74) is 1.81. The summed E-state index contributed by atoms with van der Waals surface area (Å²) in [5, 5.41) is 16.6. The highest BCUT2D eigenvalue weighted by Crippen LogP contribution is 2.15. The number of benzene rings is 1. The molecular formula is C17H23N5O2. The molecule has 2 aromatic rings. The third-order valence-corrected chi connectivity index (χ3v) is 4.18. The Morgan fingerprint density at radius 3 is 2.75 bits per heavy atom. The van der Waals surface area contributed by atoms with Gasteiger partial charge in [-0.05, 0) is 24.6 Å². The lowest BCUT2D eigenvalue weighted by Gasteiger charge is -2.34. The van der Waals surface area contributed by atoms with E-state index < -0.39 is 0 Å². The normalized spacial score (nSPS) is 15.5. The maximum absolute atomic E-state index is 12.3. The number of hydrogen-bond acceptors (Lipinski definition) is 4. The van der Waals surface area contributed by atoms with Gasteiger partial charge in [-0.3, -0.25) is 9.58 Å². The molecule has 1 aromatic carbocycles. The van der Waals surface area contributed by atoms with Crippen molar-refractivity contribution in [2.24, 2.45) is 0 Å². The van der Waals surface area contributed by atoms with Crippen LogP contribution in [0.1, 0.15) is 12.5 Å². The van der Waals surface area contributed by atoms with Crippen molar-refractivity contribution in [2.45, 2.75) is 20.0 Å². The molecule has 1 saturated heterocycles. The molecule has 0 radical (unpaired) electrons. The van der Waals surface area contributed by atoms with E-state index in [-0.39, 0.29) is 11.8 Å². The van der Waals surface area contributed by atoms with Gasteiger partial charge in [-0.25, -0.2) is 4.79 Å². The van der Waals surface area contributed by atoms with Crippen LogP contribution in [-0.2, 0) is 13.1 Å². The molecule has 0 aliphatic carbocycles. The van der Waals surface area contributed by atoms with Crippen LogP contribution in [0.4, 0.5) is 10.5 Å². The van der Waals surface area contributed by atoms with E-state index in [9.17, 15) is 9.90 Å². The summed E-state index contributed by atoms with van der Waals surface area (Å²) in [5.74, 6) is 0.290. The predicted molar refractivity (Wildman–Crippen MR) is 91.9 cm³/mol. The number of aryl methyl sites for hydroxylation is 1. The van der Waals surface area contributed by atoms with Gasteiger partial charge in [0.2, 0.25) is 0 Å². The van der Waals surface area contributed by atoms with Gasteiger partial charge in [-0.15, -0.1) is 0 Å². The zero-order valence-electron chi connectivity index (χ0n) is 13.9. The van der Waals surface area contributed by atoms with E-state index in [2.05, 4.69) is 15.3 Å². The van der Waals surface area contributed by atoms with E-state index in [1.165, 1.54) is 0 Å². The fourth-order valence-electron chi connectivity index (χ4n) is 2.83. The Bertz CT molecular complexity index is 692. The highest BCUT2D eigenvalue weighted by Gasteiger charge is 2.21. The minimum Gasteiger partial charge on any atom is -0.508 e.